The number of nitrogens with zero attached hydrogens (tertiary/aromatic N) is 2. The Bertz CT molecular complexity index is 393. The minimum Gasteiger partial charge on any atom is -0.398 e. The minimum absolute atomic E-state index is 0.455. The third-order valence-electron chi connectivity index (χ3n) is 1.45. The predicted molar refractivity (Wildman–Crippen MR) is 58.2 cm³/mol. The Morgan fingerprint density at radius 2 is 1.36 bits per heavy atom. The summed E-state index contributed by atoms with van der Waals surface area (Å²) in [6.45, 7) is 0. The zero-order valence-corrected chi connectivity index (χ0v) is 8.65. The number of nitriles is 2. The van der Waals surface area contributed by atoms with Crippen LogP contribution in [0.5, 0.6) is 0 Å². The lowest BCUT2D eigenvalue weighted by molar-refractivity contribution is 1.35. The Balaban J connectivity index is 3.16. The zero-order chi connectivity index (χ0) is 10.6. The van der Waals surface area contributed by atoms with Gasteiger partial charge < -0.3 is 11.5 Å². The molecule has 0 unspecified atom stereocenters. The van der Waals surface area contributed by atoms with Gasteiger partial charge in [0.25, 0.3) is 0 Å². The molecule has 0 aromatic heterocycles. The molecule has 0 aliphatic heterocycles. The Morgan fingerprint density at radius 3 is 1.71 bits per heavy atom. The summed E-state index contributed by atoms with van der Waals surface area (Å²) in [6, 6.07) is 3.20. The molecule has 0 radical (unpaired) electrons. The average molecular weight is 222 g/mol. The van der Waals surface area contributed by atoms with E-state index in [4.69, 9.17) is 22.0 Å². The van der Waals surface area contributed by atoms with Crippen LogP contribution in [0.2, 0.25) is 0 Å². The Labute approximate surface area is 89.9 Å². The van der Waals surface area contributed by atoms with Gasteiger partial charge in [0.1, 0.15) is 10.8 Å². The lowest BCUT2D eigenvalue weighted by Crippen LogP contribution is -1.94. The first-order chi connectivity index (χ1) is 6.69. The number of thiocyanates is 2. The van der Waals surface area contributed by atoms with E-state index in [1.165, 1.54) is 0 Å². The molecule has 0 saturated heterocycles. The number of hydrogen-bond donors (Lipinski definition) is 2. The lowest BCUT2D eigenvalue weighted by Gasteiger charge is -2.05. The van der Waals surface area contributed by atoms with E-state index in [2.05, 4.69) is 0 Å². The summed E-state index contributed by atoms with van der Waals surface area (Å²) in [4.78, 5) is 1.25. The van der Waals surface area contributed by atoms with Crippen molar-refractivity contribution in [3.8, 4) is 10.8 Å². The first kappa shape index (κ1) is 10.6. The average Bonchev–Trinajstić information content (AvgIpc) is 2.14. The Kier molecular flexibility index (Phi) is 3.52. The van der Waals surface area contributed by atoms with E-state index in [0.717, 1.165) is 23.5 Å². The van der Waals surface area contributed by atoms with Crippen LogP contribution < -0.4 is 11.5 Å². The highest BCUT2D eigenvalue weighted by Gasteiger charge is 2.06. The standard InChI is InChI=1S/C8H6N4S2/c9-3-13-7-2-8(14-4-10)6(12)1-5(7)11/h1-2H,11-12H2. The van der Waals surface area contributed by atoms with Crippen LogP contribution in [0.4, 0.5) is 11.4 Å². The van der Waals surface area contributed by atoms with Gasteiger partial charge in [-0.1, -0.05) is 0 Å². The van der Waals surface area contributed by atoms with Crippen LogP contribution in [0.1, 0.15) is 0 Å². The van der Waals surface area contributed by atoms with E-state index in [1.807, 2.05) is 10.8 Å². The molecule has 0 amide bonds. The minimum atomic E-state index is 0.455. The van der Waals surface area contributed by atoms with Crippen molar-refractivity contribution in [3.63, 3.8) is 0 Å². The van der Waals surface area contributed by atoms with Gasteiger partial charge in [0, 0.05) is 21.2 Å². The molecule has 70 valence electrons. The van der Waals surface area contributed by atoms with Gasteiger partial charge in [-0.05, 0) is 35.7 Å². The molecule has 4 nitrogen and oxygen atoms in total. The molecule has 4 N–H and O–H groups in total. The number of rotatable bonds is 2. The van der Waals surface area contributed by atoms with Crippen molar-refractivity contribution in [1.82, 2.24) is 0 Å². The van der Waals surface area contributed by atoms with Crippen LogP contribution in [0.15, 0.2) is 21.9 Å². The van der Waals surface area contributed by atoms with Gasteiger partial charge in [0.05, 0.1) is 0 Å². The topological polar surface area (TPSA) is 99.6 Å². The highest BCUT2D eigenvalue weighted by molar-refractivity contribution is 8.04. The second-order valence-corrected chi connectivity index (χ2v) is 3.97. The fraction of sp³-hybridized carbons (Fsp3) is 0. The number of nitrogen functional groups attached to an aromatic ring is 2. The monoisotopic (exact) mass is 222 g/mol. The zero-order valence-electron chi connectivity index (χ0n) is 7.02. The first-order valence-electron chi connectivity index (χ1n) is 3.50. The summed E-state index contributed by atoms with van der Waals surface area (Å²) in [6.07, 6.45) is 0. The fourth-order valence-electron chi connectivity index (χ4n) is 0.871. The number of nitrogens with two attached hydrogens (primary N) is 2. The molecule has 6 heteroatoms. The molecule has 0 bridgehead atoms. The van der Waals surface area contributed by atoms with Crippen molar-refractivity contribution in [2.24, 2.45) is 0 Å². The van der Waals surface area contributed by atoms with E-state index in [1.54, 1.807) is 12.1 Å². The molecule has 0 spiro atoms. The summed E-state index contributed by atoms with van der Waals surface area (Å²) in [5, 5.41) is 20.8. The molecular formula is C8H6N4S2. The summed E-state index contributed by atoms with van der Waals surface area (Å²) in [5.41, 5.74) is 12.2. The smallest absolute Gasteiger partial charge is 0.138 e. The van der Waals surface area contributed by atoms with Gasteiger partial charge in [-0.25, -0.2) is 0 Å². The van der Waals surface area contributed by atoms with Crippen molar-refractivity contribution >= 4 is 34.9 Å². The quantitative estimate of drug-likeness (QED) is 0.451. The Morgan fingerprint density at radius 1 is 0.929 bits per heavy atom. The van der Waals surface area contributed by atoms with E-state index >= 15 is 0 Å². The molecular weight excluding hydrogens is 216 g/mol. The molecule has 0 fully saturated rings. The van der Waals surface area contributed by atoms with E-state index < -0.39 is 0 Å². The third kappa shape index (κ3) is 2.25. The van der Waals surface area contributed by atoms with Gasteiger partial charge in [0.2, 0.25) is 0 Å². The molecule has 0 saturated carbocycles. The predicted octanol–water partition coefficient (Wildman–Crippen LogP) is 2.00. The molecule has 1 aromatic rings. The molecule has 0 atom stereocenters. The van der Waals surface area contributed by atoms with E-state index in [-0.39, 0.29) is 0 Å². The number of anilines is 2. The second kappa shape index (κ2) is 4.66. The SMILES string of the molecule is N#CSc1cc(SC#N)c(N)cc1N. The van der Waals surface area contributed by atoms with Gasteiger partial charge >= 0.3 is 0 Å². The molecule has 1 aromatic carbocycles. The molecule has 0 aliphatic carbocycles. The van der Waals surface area contributed by atoms with Crippen LogP contribution in [0.25, 0.3) is 0 Å². The van der Waals surface area contributed by atoms with Crippen molar-refractivity contribution in [1.29, 1.82) is 10.5 Å². The fourth-order valence-corrected chi connectivity index (χ4v) is 1.85. The van der Waals surface area contributed by atoms with Crippen LogP contribution in [-0.4, -0.2) is 0 Å². The third-order valence-corrected chi connectivity index (χ3v) is 2.78. The maximum Gasteiger partial charge on any atom is 0.138 e. The van der Waals surface area contributed by atoms with E-state index in [0.29, 0.717) is 21.2 Å². The normalized spacial score (nSPS) is 9.00. The van der Waals surface area contributed by atoms with Crippen molar-refractivity contribution in [2.75, 3.05) is 11.5 Å². The maximum atomic E-state index is 8.49. The highest BCUT2D eigenvalue weighted by Crippen LogP contribution is 2.33. The van der Waals surface area contributed by atoms with Crippen LogP contribution in [0.3, 0.4) is 0 Å². The van der Waals surface area contributed by atoms with Gasteiger partial charge in [0.15, 0.2) is 0 Å². The largest absolute Gasteiger partial charge is 0.398 e. The molecule has 0 aliphatic rings. The van der Waals surface area contributed by atoms with Gasteiger partial charge in [-0.2, -0.15) is 10.5 Å². The summed E-state index contributed by atoms with van der Waals surface area (Å²) in [5.74, 6) is 0. The van der Waals surface area contributed by atoms with Crippen LogP contribution >= 0.6 is 23.5 Å². The van der Waals surface area contributed by atoms with E-state index in [9.17, 15) is 0 Å². The summed E-state index contributed by atoms with van der Waals surface area (Å²) in [7, 11) is 0. The van der Waals surface area contributed by atoms with Crippen molar-refractivity contribution < 1.29 is 0 Å². The summed E-state index contributed by atoms with van der Waals surface area (Å²) >= 11 is 1.91. The Hall–Kier alpha value is -1.50. The molecule has 1 rings (SSSR count). The molecule has 0 heterocycles. The van der Waals surface area contributed by atoms with Crippen molar-refractivity contribution in [2.45, 2.75) is 9.79 Å². The number of thioether (sulfide) groups is 2. The highest BCUT2D eigenvalue weighted by atomic mass is 32.2. The number of hydrogen-bond acceptors (Lipinski definition) is 6. The number of benzene rings is 1. The van der Waals surface area contributed by atoms with Crippen molar-refractivity contribution in [3.05, 3.63) is 12.1 Å². The molecule has 14 heavy (non-hydrogen) atoms. The summed E-state index contributed by atoms with van der Waals surface area (Å²) < 4.78 is 0. The second-order valence-electron chi connectivity index (χ2n) is 2.31. The first-order valence-corrected chi connectivity index (χ1v) is 5.13. The lowest BCUT2D eigenvalue weighted by atomic mass is 10.3. The van der Waals surface area contributed by atoms with Crippen LogP contribution in [0, 0.1) is 21.3 Å². The van der Waals surface area contributed by atoms with Gasteiger partial charge in [-0.3, -0.25) is 0 Å². The van der Waals surface area contributed by atoms with Gasteiger partial charge in [-0.15, -0.1) is 0 Å². The maximum absolute atomic E-state index is 8.49. The van der Waals surface area contributed by atoms with Crippen LogP contribution in [-0.2, 0) is 0 Å².